The molecule has 2 aliphatic heterocycles. The summed E-state index contributed by atoms with van der Waals surface area (Å²) >= 11 is 6.02. The lowest BCUT2D eigenvalue weighted by Gasteiger charge is -2.43. The Morgan fingerprint density at radius 1 is 1.05 bits per heavy atom. The van der Waals surface area contributed by atoms with Crippen LogP contribution >= 0.6 is 11.6 Å². The van der Waals surface area contributed by atoms with Crippen molar-refractivity contribution in [1.82, 2.24) is 0 Å². The van der Waals surface area contributed by atoms with Crippen molar-refractivity contribution < 1.29 is 4.74 Å². The van der Waals surface area contributed by atoms with Crippen LogP contribution in [0, 0.1) is 5.92 Å². The van der Waals surface area contributed by atoms with Crippen LogP contribution in [0.3, 0.4) is 0 Å². The molecule has 2 aromatic carbocycles. The molecule has 0 bridgehead atoms. The van der Waals surface area contributed by atoms with Crippen molar-refractivity contribution in [2.24, 2.45) is 5.92 Å². The topological polar surface area (TPSA) is 21.3 Å². The van der Waals surface area contributed by atoms with Gasteiger partial charge in [-0.25, -0.2) is 0 Å². The van der Waals surface area contributed by atoms with Gasteiger partial charge in [-0.05, 0) is 36.6 Å². The SMILES string of the molecule is Clc1ccc([C@H]2Nc3ccccc3[C@@H]3OCCC[C@H]23)cc1. The molecule has 1 N–H and O–H groups in total. The maximum absolute atomic E-state index is 6.12. The molecule has 0 aromatic heterocycles. The fourth-order valence-electron chi connectivity index (χ4n) is 3.62. The average molecular weight is 300 g/mol. The van der Waals surface area contributed by atoms with Gasteiger partial charge in [0.2, 0.25) is 0 Å². The monoisotopic (exact) mass is 299 g/mol. The van der Waals surface area contributed by atoms with Gasteiger partial charge >= 0.3 is 0 Å². The quantitative estimate of drug-likeness (QED) is 0.802. The van der Waals surface area contributed by atoms with Crippen molar-refractivity contribution in [3.8, 4) is 0 Å². The second-order valence-corrected chi connectivity index (χ2v) is 6.29. The van der Waals surface area contributed by atoms with Crippen LogP contribution in [0.5, 0.6) is 0 Å². The second kappa shape index (κ2) is 5.36. The molecule has 0 amide bonds. The van der Waals surface area contributed by atoms with Gasteiger partial charge < -0.3 is 10.1 Å². The van der Waals surface area contributed by atoms with Gasteiger partial charge in [-0.15, -0.1) is 0 Å². The predicted molar refractivity (Wildman–Crippen MR) is 85.7 cm³/mol. The van der Waals surface area contributed by atoms with Crippen molar-refractivity contribution in [1.29, 1.82) is 0 Å². The first-order valence-electron chi connectivity index (χ1n) is 7.55. The molecule has 3 heteroatoms. The Morgan fingerprint density at radius 2 is 1.86 bits per heavy atom. The number of fused-ring (bicyclic) bond motifs is 3. The van der Waals surface area contributed by atoms with Gasteiger partial charge in [-0.1, -0.05) is 41.9 Å². The first kappa shape index (κ1) is 13.2. The summed E-state index contributed by atoms with van der Waals surface area (Å²) in [4.78, 5) is 0. The van der Waals surface area contributed by atoms with E-state index in [-0.39, 0.29) is 6.10 Å². The van der Waals surface area contributed by atoms with E-state index in [0.717, 1.165) is 18.1 Å². The number of nitrogens with one attached hydrogen (secondary N) is 1. The van der Waals surface area contributed by atoms with E-state index in [1.807, 2.05) is 12.1 Å². The summed E-state index contributed by atoms with van der Waals surface area (Å²) in [6, 6.07) is 17.0. The van der Waals surface area contributed by atoms with Crippen molar-refractivity contribution in [2.75, 3.05) is 11.9 Å². The van der Waals surface area contributed by atoms with Crippen LogP contribution in [-0.4, -0.2) is 6.61 Å². The molecule has 0 saturated carbocycles. The van der Waals surface area contributed by atoms with E-state index in [0.29, 0.717) is 12.0 Å². The van der Waals surface area contributed by atoms with E-state index in [1.54, 1.807) is 0 Å². The minimum Gasteiger partial charge on any atom is -0.378 e. The van der Waals surface area contributed by atoms with Gasteiger partial charge in [0.05, 0.1) is 12.1 Å². The molecule has 0 aliphatic carbocycles. The molecule has 21 heavy (non-hydrogen) atoms. The number of hydrogen-bond acceptors (Lipinski definition) is 2. The highest BCUT2D eigenvalue weighted by Crippen LogP contribution is 2.48. The number of ether oxygens (including phenoxy) is 1. The van der Waals surface area contributed by atoms with Crippen molar-refractivity contribution in [3.05, 3.63) is 64.7 Å². The highest BCUT2D eigenvalue weighted by Gasteiger charge is 2.39. The van der Waals surface area contributed by atoms with Crippen LogP contribution in [0.1, 0.15) is 36.1 Å². The zero-order chi connectivity index (χ0) is 14.2. The average Bonchev–Trinajstić information content (AvgIpc) is 2.55. The molecule has 2 aromatic rings. The molecule has 2 heterocycles. The van der Waals surface area contributed by atoms with Gasteiger partial charge in [0.15, 0.2) is 0 Å². The molecule has 0 unspecified atom stereocenters. The van der Waals surface area contributed by atoms with Gasteiger partial charge in [0.1, 0.15) is 0 Å². The second-order valence-electron chi connectivity index (χ2n) is 5.86. The molecular formula is C18H18ClNO. The minimum atomic E-state index is 0.205. The largest absolute Gasteiger partial charge is 0.378 e. The smallest absolute Gasteiger partial charge is 0.0895 e. The Morgan fingerprint density at radius 3 is 2.71 bits per heavy atom. The minimum absolute atomic E-state index is 0.205. The van der Waals surface area contributed by atoms with Crippen molar-refractivity contribution in [3.63, 3.8) is 0 Å². The summed E-state index contributed by atoms with van der Waals surface area (Å²) < 4.78 is 6.12. The molecule has 0 spiro atoms. The maximum Gasteiger partial charge on any atom is 0.0895 e. The van der Waals surface area contributed by atoms with E-state index >= 15 is 0 Å². The number of benzene rings is 2. The van der Waals surface area contributed by atoms with Gasteiger partial charge in [-0.2, -0.15) is 0 Å². The molecule has 4 rings (SSSR count). The number of hydrogen-bond donors (Lipinski definition) is 1. The molecule has 1 fully saturated rings. The Balaban J connectivity index is 1.76. The van der Waals surface area contributed by atoms with Crippen LogP contribution in [0.25, 0.3) is 0 Å². The van der Waals surface area contributed by atoms with Crippen LogP contribution in [-0.2, 0) is 4.74 Å². The lowest BCUT2D eigenvalue weighted by Crippen LogP contribution is -2.35. The molecule has 3 atom stereocenters. The normalized spacial score (nSPS) is 27.4. The van der Waals surface area contributed by atoms with Gasteiger partial charge in [-0.3, -0.25) is 0 Å². The summed E-state index contributed by atoms with van der Waals surface area (Å²) in [5.74, 6) is 0.481. The van der Waals surface area contributed by atoms with E-state index in [1.165, 1.54) is 23.2 Å². The van der Waals surface area contributed by atoms with Crippen LogP contribution < -0.4 is 5.32 Å². The number of halogens is 1. The summed E-state index contributed by atoms with van der Waals surface area (Å²) in [6.45, 7) is 0.864. The first-order chi connectivity index (χ1) is 10.3. The summed E-state index contributed by atoms with van der Waals surface area (Å²) in [7, 11) is 0. The summed E-state index contributed by atoms with van der Waals surface area (Å²) in [6.07, 6.45) is 2.53. The number of anilines is 1. The van der Waals surface area contributed by atoms with E-state index in [2.05, 4.69) is 41.7 Å². The summed E-state index contributed by atoms with van der Waals surface area (Å²) in [5.41, 5.74) is 3.78. The third-order valence-corrected chi connectivity index (χ3v) is 4.86. The highest BCUT2D eigenvalue weighted by atomic mass is 35.5. The lowest BCUT2D eigenvalue weighted by molar-refractivity contribution is -0.0381. The number of rotatable bonds is 1. The molecule has 108 valence electrons. The molecule has 0 radical (unpaired) electrons. The third-order valence-electron chi connectivity index (χ3n) is 4.60. The van der Waals surface area contributed by atoms with Crippen LogP contribution in [0.2, 0.25) is 5.02 Å². The third kappa shape index (κ3) is 2.33. The molecule has 2 aliphatic rings. The Labute approximate surface area is 130 Å². The van der Waals surface area contributed by atoms with Crippen molar-refractivity contribution in [2.45, 2.75) is 25.0 Å². The van der Waals surface area contributed by atoms with Crippen LogP contribution in [0.4, 0.5) is 5.69 Å². The Bertz CT molecular complexity index is 640. The van der Waals surface area contributed by atoms with E-state index in [4.69, 9.17) is 16.3 Å². The zero-order valence-corrected chi connectivity index (χ0v) is 12.5. The molecular weight excluding hydrogens is 282 g/mol. The lowest BCUT2D eigenvalue weighted by atomic mass is 9.77. The van der Waals surface area contributed by atoms with E-state index in [9.17, 15) is 0 Å². The molecule has 2 nitrogen and oxygen atoms in total. The zero-order valence-electron chi connectivity index (χ0n) is 11.8. The van der Waals surface area contributed by atoms with Gasteiger partial charge in [0, 0.05) is 28.8 Å². The fourth-order valence-corrected chi connectivity index (χ4v) is 3.74. The highest BCUT2D eigenvalue weighted by molar-refractivity contribution is 6.30. The van der Waals surface area contributed by atoms with E-state index < -0.39 is 0 Å². The fraction of sp³-hybridized carbons (Fsp3) is 0.333. The molecule has 1 saturated heterocycles. The van der Waals surface area contributed by atoms with Crippen molar-refractivity contribution >= 4 is 17.3 Å². The first-order valence-corrected chi connectivity index (χ1v) is 7.93. The predicted octanol–water partition coefficient (Wildman–Crippen LogP) is 4.97. The standard InChI is InChI=1S/C18H18ClNO/c19-13-9-7-12(8-10-13)17-15-5-3-11-21-18(15)14-4-1-2-6-16(14)20-17/h1-2,4,6-10,15,17-18,20H,3,5,11H2/t15-,17-,18+/m1/s1. The van der Waals surface area contributed by atoms with Gasteiger partial charge in [0.25, 0.3) is 0 Å². The summed E-state index contributed by atoms with van der Waals surface area (Å²) in [5, 5.41) is 4.49. The Hall–Kier alpha value is -1.51. The maximum atomic E-state index is 6.12. The number of para-hydroxylation sites is 1. The van der Waals surface area contributed by atoms with Crippen LogP contribution in [0.15, 0.2) is 48.5 Å². The Kier molecular flexibility index (Phi) is 3.36.